The van der Waals surface area contributed by atoms with Crippen molar-refractivity contribution in [1.82, 2.24) is 4.90 Å². The zero-order valence-corrected chi connectivity index (χ0v) is 12.6. The van der Waals surface area contributed by atoms with Gasteiger partial charge in [-0.15, -0.1) is 0 Å². The van der Waals surface area contributed by atoms with E-state index >= 15 is 0 Å². The number of hydrogen-bond donors (Lipinski definition) is 1. The Morgan fingerprint density at radius 2 is 2.05 bits per heavy atom. The van der Waals surface area contributed by atoms with E-state index in [1.165, 1.54) is 19.3 Å². The van der Waals surface area contributed by atoms with Gasteiger partial charge < -0.3 is 10.2 Å². The summed E-state index contributed by atoms with van der Waals surface area (Å²) < 4.78 is 5.63. The van der Waals surface area contributed by atoms with Gasteiger partial charge in [-0.2, -0.15) is 0 Å². The van der Waals surface area contributed by atoms with E-state index in [9.17, 15) is 0 Å². The van der Waals surface area contributed by atoms with Crippen LogP contribution in [0.15, 0.2) is 22.8 Å². The Balaban J connectivity index is 2.09. The Hall–Kier alpha value is -0.800. The zero-order valence-electron chi connectivity index (χ0n) is 12.6. The van der Waals surface area contributed by atoms with Gasteiger partial charge in [0.2, 0.25) is 0 Å². The topological polar surface area (TPSA) is 42.4 Å². The second kappa shape index (κ2) is 6.10. The van der Waals surface area contributed by atoms with Crippen molar-refractivity contribution in [2.75, 3.05) is 13.1 Å². The van der Waals surface area contributed by atoms with Crippen LogP contribution >= 0.6 is 0 Å². The number of piperidine rings is 1. The van der Waals surface area contributed by atoms with E-state index in [-0.39, 0.29) is 12.1 Å². The van der Waals surface area contributed by atoms with Crippen LogP contribution in [0.3, 0.4) is 0 Å². The Kier molecular flexibility index (Phi) is 4.69. The number of rotatable bonds is 5. The standard InChI is InChI=1S/C16H28N2O/c1-4-13(17)15(14-7-6-12-19-14)18-10-8-16(3,5-2)9-11-18/h6-7,12-13,15H,4-5,8-11,17H2,1-3H3. The lowest BCUT2D eigenvalue weighted by Gasteiger charge is -2.43. The van der Waals surface area contributed by atoms with Crippen LogP contribution in [0.2, 0.25) is 0 Å². The summed E-state index contributed by atoms with van der Waals surface area (Å²) in [5.74, 6) is 1.02. The summed E-state index contributed by atoms with van der Waals surface area (Å²) in [4.78, 5) is 2.52. The lowest BCUT2D eigenvalue weighted by molar-refractivity contribution is 0.0603. The van der Waals surface area contributed by atoms with Gasteiger partial charge in [0, 0.05) is 6.04 Å². The molecule has 3 heteroatoms. The van der Waals surface area contributed by atoms with Crippen molar-refractivity contribution in [3.05, 3.63) is 24.2 Å². The summed E-state index contributed by atoms with van der Waals surface area (Å²) in [7, 11) is 0. The van der Waals surface area contributed by atoms with Crippen molar-refractivity contribution in [3.63, 3.8) is 0 Å². The second-order valence-corrected chi connectivity index (χ2v) is 6.23. The Labute approximate surface area is 117 Å². The van der Waals surface area contributed by atoms with Crippen molar-refractivity contribution in [3.8, 4) is 0 Å². The molecule has 0 spiro atoms. The van der Waals surface area contributed by atoms with Crippen molar-refractivity contribution < 1.29 is 4.42 Å². The molecule has 1 saturated heterocycles. The molecule has 2 atom stereocenters. The molecule has 0 saturated carbocycles. The number of furan rings is 1. The van der Waals surface area contributed by atoms with Crippen LogP contribution < -0.4 is 5.73 Å². The number of nitrogens with zero attached hydrogens (tertiary/aromatic N) is 1. The van der Waals surface area contributed by atoms with Crippen molar-refractivity contribution in [1.29, 1.82) is 0 Å². The van der Waals surface area contributed by atoms with Gasteiger partial charge in [-0.05, 0) is 49.9 Å². The average molecular weight is 264 g/mol. The summed E-state index contributed by atoms with van der Waals surface area (Å²) >= 11 is 0. The molecular formula is C16H28N2O. The van der Waals surface area contributed by atoms with Gasteiger partial charge >= 0.3 is 0 Å². The molecule has 1 aliphatic heterocycles. The summed E-state index contributed by atoms with van der Waals surface area (Å²) in [6, 6.07) is 4.41. The molecule has 1 aromatic heterocycles. The molecule has 2 heterocycles. The van der Waals surface area contributed by atoms with E-state index in [0.717, 1.165) is 25.3 Å². The fraction of sp³-hybridized carbons (Fsp3) is 0.750. The van der Waals surface area contributed by atoms with Crippen LogP contribution in [0.4, 0.5) is 0 Å². The Morgan fingerprint density at radius 3 is 2.53 bits per heavy atom. The molecule has 1 fully saturated rings. The highest BCUT2D eigenvalue weighted by Crippen LogP contribution is 2.37. The number of nitrogens with two attached hydrogens (primary N) is 1. The van der Waals surface area contributed by atoms with Crippen LogP contribution in [0.1, 0.15) is 58.3 Å². The zero-order chi connectivity index (χ0) is 13.9. The molecule has 2 rings (SSSR count). The summed E-state index contributed by atoms with van der Waals surface area (Å²) in [6.45, 7) is 9.12. The molecule has 0 amide bonds. The van der Waals surface area contributed by atoms with Crippen LogP contribution in [0.5, 0.6) is 0 Å². The fourth-order valence-corrected chi connectivity index (χ4v) is 3.04. The molecule has 0 aromatic carbocycles. The largest absolute Gasteiger partial charge is 0.468 e. The highest BCUT2D eigenvalue weighted by atomic mass is 16.3. The van der Waals surface area contributed by atoms with Gasteiger partial charge in [0.25, 0.3) is 0 Å². The van der Waals surface area contributed by atoms with Gasteiger partial charge in [-0.25, -0.2) is 0 Å². The maximum Gasteiger partial charge on any atom is 0.122 e. The molecule has 0 bridgehead atoms. The lowest BCUT2D eigenvalue weighted by atomic mass is 9.77. The highest BCUT2D eigenvalue weighted by Gasteiger charge is 2.34. The van der Waals surface area contributed by atoms with E-state index in [1.807, 2.05) is 6.07 Å². The molecular weight excluding hydrogens is 236 g/mol. The maximum absolute atomic E-state index is 6.34. The number of hydrogen-bond acceptors (Lipinski definition) is 3. The van der Waals surface area contributed by atoms with E-state index in [1.54, 1.807) is 6.26 Å². The lowest BCUT2D eigenvalue weighted by Crippen LogP contribution is -2.46. The van der Waals surface area contributed by atoms with Crippen molar-refractivity contribution in [2.45, 2.75) is 58.5 Å². The van der Waals surface area contributed by atoms with E-state index in [2.05, 4.69) is 31.7 Å². The molecule has 2 N–H and O–H groups in total. The van der Waals surface area contributed by atoms with Gasteiger partial charge in [-0.1, -0.05) is 27.2 Å². The Morgan fingerprint density at radius 1 is 1.37 bits per heavy atom. The summed E-state index contributed by atoms with van der Waals surface area (Å²) in [5.41, 5.74) is 6.85. The van der Waals surface area contributed by atoms with E-state index in [0.29, 0.717) is 5.41 Å². The fourth-order valence-electron chi connectivity index (χ4n) is 3.04. The van der Waals surface area contributed by atoms with Crippen molar-refractivity contribution in [2.24, 2.45) is 11.1 Å². The van der Waals surface area contributed by atoms with Gasteiger partial charge in [0.05, 0.1) is 12.3 Å². The molecule has 0 aliphatic carbocycles. The summed E-state index contributed by atoms with van der Waals surface area (Å²) in [5, 5.41) is 0. The monoisotopic (exact) mass is 264 g/mol. The first-order valence-corrected chi connectivity index (χ1v) is 7.62. The van der Waals surface area contributed by atoms with Crippen LogP contribution in [-0.2, 0) is 0 Å². The van der Waals surface area contributed by atoms with Crippen molar-refractivity contribution >= 4 is 0 Å². The van der Waals surface area contributed by atoms with E-state index in [4.69, 9.17) is 10.2 Å². The Bertz CT molecular complexity index is 366. The first kappa shape index (κ1) is 14.6. The molecule has 1 aliphatic rings. The quantitative estimate of drug-likeness (QED) is 0.884. The third-order valence-corrected chi connectivity index (χ3v) is 4.96. The van der Waals surface area contributed by atoms with Crippen LogP contribution in [0, 0.1) is 5.41 Å². The molecule has 108 valence electrons. The highest BCUT2D eigenvalue weighted by molar-refractivity contribution is 5.08. The normalized spacial score (nSPS) is 23.2. The summed E-state index contributed by atoms with van der Waals surface area (Å²) in [6.07, 6.45) is 6.53. The molecule has 0 radical (unpaired) electrons. The SMILES string of the molecule is CCC(N)C(c1ccco1)N1CCC(C)(CC)CC1. The predicted molar refractivity (Wildman–Crippen MR) is 78.9 cm³/mol. The minimum absolute atomic E-state index is 0.150. The van der Waals surface area contributed by atoms with E-state index < -0.39 is 0 Å². The number of likely N-dealkylation sites (tertiary alicyclic amines) is 1. The van der Waals surface area contributed by atoms with Crippen LogP contribution in [0.25, 0.3) is 0 Å². The van der Waals surface area contributed by atoms with Gasteiger partial charge in [0.15, 0.2) is 0 Å². The first-order valence-electron chi connectivity index (χ1n) is 7.62. The maximum atomic E-state index is 6.34. The smallest absolute Gasteiger partial charge is 0.122 e. The third-order valence-electron chi connectivity index (χ3n) is 4.96. The first-order chi connectivity index (χ1) is 9.09. The molecule has 1 aromatic rings. The van der Waals surface area contributed by atoms with Gasteiger partial charge in [0.1, 0.15) is 5.76 Å². The molecule has 19 heavy (non-hydrogen) atoms. The van der Waals surface area contributed by atoms with Crippen LogP contribution in [-0.4, -0.2) is 24.0 Å². The average Bonchev–Trinajstić information content (AvgIpc) is 2.95. The predicted octanol–water partition coefficient (Wildman–Crippen LogP) is 3.57. The minimum Gasteiger partial charge on any atom is -0.468 e. The molecule has 2 unspecified atom stereocenters. The third kappa shape index (κ3) is 3.21. The second-order valence-electron chi connectivity index (χ2n) is 6.23. The van der Waals surface area contributed by atoms with Gasteiger partial charge in [-0.3, -0.25) is 4.90 Å². The molecule has 3 nitrogen and oxygen atoms in total. The minimum atomic E-state index is 0.150.